The third-order valence-electron chi connectivity index (χ3n) is 22.0. The highest BCUT2D eigenvalue weighted by Gasteiger charge is 2.40. The van der Waals surface area contributed by atoms with Crippen molar-refractivity contribution in [3.8, 4) is 111 Å². The van der Waals surface area contributed by atoms with Crippen molar-refractivity contribution in [2.75, 3.05) is 0 Å². The summed E-state index contributed by atoms with van der Waals surface area (Å²) >= 11 is 0. The lowest BCUT2D eigenvalue weighted by molar-refractivity contribution is 0.568. The number of benzene rings is 11. The molecule has 0 fully saturated rings. The first-order valence-corrected chi connectivity index (χ1v) is 39.4. The third-order valence-corrected chi connectivity index (χ3v) is 22.0. The van der Waals surface area contributed by atoms with Gasteiger partial charge in [0.05, 0.1) is 0 Å². The first kappa shape index (κ1) is 78.5. The van der Waals surface area contributed by atoms with E-state index >= 15 is 0 Å². The van der Waals surface area contributed by atoms with Gasteiger partial charge in [-0.2, -0.15) is 0 Å². The standard InChI is InChI=1S/C106H126/c1-97(2,3)75-61-71(62-76(65-75)98(4,5)6)79-43-31-33-49-85(79)93-91(73-57-67(81-45-35-39-51-87(81)101(13,14)15)55-68(58-73)82-46-36-40-52-88(82)102(16,17)18)96(106(28,29)30)94(86-50-34-32-44-80(86)72-63-77(99(7,8)9)66-78(64-72)100(10,11)12)92(95(93)105(25,26)27)74-59-69(83-47-37-41-53-89(83)103(19,20)21)56-70(60-74)84-48-38-42-54-90(84)104(22,23)24/h31-66H,1-30H3. The van der Waals surface area contributed by atoms with Gasteiger partial charge in [-0.1, -0.05) is 390 Å². The Morgan fingerprint density at radius 2 is 0.321 bits per heavy atom. The highest BCUT2D eigenvalue weighted by molar-refractivity contribution is 6.08. The third kappa shape index (κ3) is 16.2. The van der Waals surface area contributed by atoms with Gasteiger partial charge in [0.25, 0.3) is 0 Å². The fraction of sp³-hybridized carbons (Fsp3) is 0.377. The van der Waals surface area contributed by atoms with E-state index in [1.54, 1.807) is 0 Å². The summed E-state index contributed by atoms with van der Waals surface area (Å²) in [6, 6.07) is 86.7. The molecular formula is C106H126. The summed E-state index contributed by atoms with van der Waals surface area (Å²) in [5.74, 6) is 0. The molecule has 0 aliphatic heterocycles. The van der Waals surface area contributed by atoms with Crippen LogP contribution in [0, 0.1) is 0 Å². The van der Waals surface area contributed by atoms with Crippen LogP contribution in [0.15, 0.2) is 218 Å². The molecule has 550 valence electrons. The molecule has 0 spiro atoms. The quantitative estimate of drug-likeness (QED) is 0.128. The largest absolute Gasteiger partial charge is 0.0619 e. The van der Waals surface area contributed by atoms with Gasteiger partial charge in [-0.3, -0.25) is 0 Å². The van der Waals surface area contributed by atoms with Gasteiger partial charge in [0, 0.05) is 0 Å². The molecule has 0 heterocycles. The summed E-state index contributed by atoms with van der Waals surface area (Å²) < 4.78 is 0. The van der Waals surface area contributed by atoms with Crippen molar-refractivity contribution in [1.29, 1.82) is 0 Å². The van der Waals surface area contributed by atoms with E-state index < -0.39 is 10.8 Å². The van der Waals surface area contributed by atoms with E-state index in [9.17, 15) is 0 Å². The van der Waals surface area contributed by atoms with Crippen LogP contribution in [0.4, 0.5) is 0 Å². The summed E-state index contributed by atoms with van der Waals surface area (Å²) in [6.45, 7) is 72.2. The van der Waals surface area contributed by atoms with Gasteiger partial charge in [-0.25, -0.2) is 0 Å². The number of hydrogen-bond donors (Lipinski definition) is 0. The summed E-state index contributed by atoms with van der Waals surface area (Å²) in [4.78, 5) is 0. The molecule has 0 N–H and O–H groups in total. The van der Waals surface area contributed by atoms with Crippen molar-refractivity contribution in [2.24, 2.45) is 0 Å². The van der Waals surface area contributed by atoms with E-state index in [0.717, 1.165) is 0 Å². The SMILES string of the molecule is CC(C)(C)c1cc(-c2ccccc2-c2c(-c3cc(-c4ccccc4C(C)(C)C)cc(-c4ccccc4C(C)(C)C)c3)c(C(C)(C)C)c(-c3ccccc3-c3cc(C(C)(C)C)cc(C(C)(C)C)c3)c(-c3cc(-c4ccccc4C(C)(C)C)cc(-c4ccccc4C(C)(C)C)c3)c2C(C)(C)C)cc(C(C)(C)C)c1. The van der Waals surface area contributed by atoms with E-state index in [1.807, 2.05) is 0 Å². The van der Waals surface area contributed by atoms with Gasteiger partial charge < -0.3 is 0 Å². The van der Waals surface area contributed by atoms with Crippen molar-refractivity contribution < 1.29 is 0 Å². The van der Waals surface area contributed by atoms with Crippen LogP contribution in [-0.2, 0) is 54.1 Å². The average Bonchev–Trinajstić information content (AvgIpc) is 0.697. The van der Waals surface area contributed by atoms with Crippen LogP contribution in [0.2, 0.25) is 0 Å². The Balaban J connectivity index is 1.53. The number of rotatable bonds is 10. The maximum absolute atomic E-state index is 2.61. The first-order valence-electron chi connectivity index (χ1n) is 39.4. The van der Waals surface area contributed by atoms with Gasteiger partial charge >= 0.3 is 0 Å². The second-order valence-corrected chi connectivity index (χ2v) is 41.2. The summed E-state index contributed by atoms with van der Waals surface area (Å²) in [5, 5.41) is 0. The van der Waals surface area contributed by atoms with E-state index in [-0.39, 0.29) is 43.3 Å². The van der Waals surface area contributed by atoms with E-state index in [2.05, 4.69) is 426 Å². The Morgan fingerprint density at radius 1 is 0.142 bits per heavy atom. The molecule has 0 amide bonds. The zero-order chi connectivity index (χ0) is 77.8. The summed E-state index contributed by atoms with van der Waals surface area (Å²) in [5.41, 5.74) is 35.6. The van der Waals surface area contributed by atoms with Gasteiger partial charge in [-0.15, -0.1) is 0 Å². The van der Waals surface area contributed by atoms with E-state index in [1.165, 1.54) is 167 Å². The molecule has 0 nitrogen and oxygen atoms in total. The number of hydrogen-bond acceptors (Lipinski definition) is 0. The van der Waals surface area contributed by atoms with Crippen LogP contribution in [0.3, 0.4) is 0 Å². The molecule has 0 aliphatic rings. The van der Waals surface area contributed by atoms with Crippen molar-refractivity contribution in [3.05, 3.63) is 274 Å². The van der Waals surface area contributed by atoms with Crippen molar-refractivity contribution in [2.45, 2.75) is 262 Å². The monoisotopic (exact) mass is 1400 g/mol. The van der Waals surface area contributed by atoms with Gasteiger partial charge in [0.15, 0.2) is 0 Å². The fourth-order valence-corrected chi connectivity index (χ4v) is 16.3. The molecule has 0 saturated carbocycles. The van der Waals surface area contributed by atoms with Crippen LogP contribution in [0.5, 0.6) is 0 Å². The van der Waals surface area contributed by atoms with Crippen LogP contribution in [0.25, 0.3) is 111 Å². The predicted octanol–water partition coefficient (Wildman–Crippen LogP) is 31.3. The Bertz CT molecular complexity index is 4560. The molecular weight excluding hydrogens is 1270 g/mol. The maximum Gasteiger partial charge on any atom is -0.00521 e. The molecule has 0 heteroatoms. The summed E-state index contributed by atoms with van der Waals surface area (Å²) in [6.07, 6.45) is 0. The highest BCUT2D eigenvalue weighted by Crippen LogP contribution is 2.60. The average molecular weight is 1400 g/mol. The minimum atomic E-state index is -0.525. The minimum absolute atomic E-state index is 0.127. The van der Waals surface area contributed by atoms with Crippen molar-refractivity contribution in [1.82, 2.24) is 0 Å². The van der Waals surface area contributed by atoms with E-state index in [4.69, 9.17) is 0 Å². The topological polar surface area (TPSA) is 0 Å². The molecule has 0 saturated heterocycles. The molecule has 0 aliphatic carbocycles. The Hall–Kier alpha value is -8.58. The molecule has 0 aromatic heterocycles. The molecule has 106 heavy (non-hydrogen) atoms. The molecule has 0 unspecified atom stereocenters. The Morgan fingerprint density at radius 3 is 0.519 bits per heavy atom. The molecule has 11 aromatic carbocycles. The maximum atomic E-state index is 2.61. The second-order valence-electron chi connectivity index (χ2n) is 41.2. The molecule has 11 rings (SSSR count). The normalized spacial score (nSPS) is 13.2. The lowest BCUT2D eigenvalue weighted by Crippen LogP contribution is -2.22. The lowest BCUT2D eigenvalue weighted by atomic mass is 9.65. The predicted molar refractivity (Wildman–Crippen MR) is 468 cm³/mol. The zero-order valence-electron chi connectivity index (χ0n) is 70.8. The first-order chi connectivity index (χ1) is 48.9. The minimum Gasteiger partial charge on any atom is -0.0619 e. The van der Waals surface area contributed by atoms with Crippen LogP contribution in [-0.4, -0.2) is 0 Å². The zero-order valence-corrected chi connectivity index (χ0v) is 70.8. The van der Waals surface area contributed by atoms with Gasteiger partial charge in [0.2, 0.25) is 0 Å². The van der Waals surface area contributed by atoms with Gasteiger partial charge in [-0.05, 0) is 257 Å². The summed E-state index contributed by atoms with van der Waals surface area (Å²) in [7, 11) is 0. The van der Waals surface area contributed by atoms with Crippen LogP contribution >= 0.6 is 0 Å². The molecule has 11 aromatic rings. The van der Waals surface area contributed by atoms with Gasteiger partial charge in [0.1, 0.15) is 0 Å². The van der Waals surface area contributed by atoms with Crippen LogP contribution in [0.1, 0.15) is 263 Å². The van der Waals surface area contributed by atoms with Crippen molar-refractivity contribution in [3.63, 3.8) is 0 Å². The lowest BCUT2D eigenvalue weighted by Gasteiger charge is -2.38. The molecule has 0 bridgehead atoms. The Labute approximate surface area is 643 Å². The Kier molecular flexibility index (Phi) is 20.7. The molecule has 0 radical (unpaired) electrons. The molecule has 0 atom stereocenters. The highest BCUT2D eigenvalue weighted by atomic mass is 14.4. The van der Waals surface area contributed by atoms with Crippen molar-refractivity contribution >= 4 is 0 Å². The van der Waals surface area contributed by atoms with Crippen LogP contribution < -0.4 is 0 Å². The fourth-order valence-electron chi connectivity index (χ4n) is 16.3. The van der Waals surface area contributed by atoms with E-state index in [0.29, 0.717) is 0 Å². The smallest absolute Gasteiger partial charge is 0.00521 e. The second kappa shape index (κ2) is 27.9.